The Balaban J connectivity index is 1.79. The van der Waals surface area contributed by atoms with Crippen molar-refractivity contribution in [3.63, 3.8) is 0 Å². The van der Waals surface area contributed by atoms with Crippen molar-refractivity contribution in [2.75, 3.05) is 20.6 Å². The average Bonchev–Trinajstić information content (AvgIpc) is 3.28. The number of hydrogen-bond acceptors (Lipinski definition) is 4. The fourth-order valence-electron chi connectivity index (χ4n) is 3.08. The number of imidazole rings is 1. The fourth-order valence-corrected chi connectivity index (χ4v) is 3.82. The van der Waals surface area contributed by atoms with Crippen LogP contribution in [0.5, 0.6) is 0 Å². The summed E-state index contributed by atoms with van der Waals surface area (Å²) >= 11 is 1.57. The molecule has 0 bridgehead atoms. The van der Waals surface area contributed by atoms with Gasteiger partial charge in [-0.25, -0.2) is 4.98 Å². The molecular weight excluding hydrogens is 356 g/mol. The van der Waals surface area contributed by atoms with Gasteiger partial charge >= 0.3 is 0 Å². The first-order valence-corrected chi connectivity index (χ1v) is 10.3. The Labute approximate surface area is 165 Å². The first kappa shape index (κ1) is 19.6. The Kier molecular flexibility index (Phi) is 6.29. The second kappa shape index (κ2) is 8.67. The first-order valence-electron chi connectivity index (χ1n) is 9.45. The lowest BCUT2D eigenvalue weighted by molar-refractivity contribution is 0.0788. The molecule has 2 aromatic heterocycles. The highest BCUT2D eigenvalue weighted by Gasteiger charge is 2.24. The van der Waals surface area contributed by atoms with Crippen molar-refractivity contribution >= 4 is 22.2 Å². The maximum Gasteiger partial charge on any atom is 0.274 e. The number of amides is 1. The van der Waals surface area contributed by atoms with Crippen LogP contribution in [-0.4, -0.2) is 51.8 Å². The van der Waals surface area contributed by atoms with E-state index in [1.807, 2.05) is 36.8 Å². The molecule has 0 saturated carbocycles. The van der Waals surface area contributed by atoms with E-state index in [1.165, 1.54) is 5.56 Å². The summed E-state index contributed by atoms with van der Waals surface area (Å²) in [5, 5.41) is 2.02. The number of benzene rings is 1. The number of hydrogen-bond donors (Lipinski definition) is 0. The predicted octanol–water partition coefficient (Wildman–Crippen LogP) is 3.94. The molecule has 0 aliphatic heterocycles. The minimum atomic E-state index is -0.00520. The number of likely N-dealkylation sites (N-methyl/N-ethyl adjacent to an activating group) is 1. The standard InChI is InChI=1S/C21H28N4OS/c1-5-16(2)24(4)15-18-19(22-21-25(18)13-14-27-21)20(26)23(3)12-11-17-9-7-6-8-10-17/h6-10,13-14,16H,5,11-12,15H2,1-4H3/t16-/m0/s1. The third kappa shape index (κ3) is 4.39. The molecule has 0 fully saturated rings. The van der Waals surface area contributed by atoms with Crippen LogP contribution in [0.15, 0.2) is 41.9 Å². The maximum absolute atomic E-state index is 13.1. The molecule has 1 amide bonds. The molecule has 0 unspecified atom stereocenters. The molecule has 2 heterocycles. The van der Waals surface area contributed by atoms with E-state index in [-0.39, 0.29) is 5.91 Å². The monoisotopic (exact) mass is 384 g/mol. The Morgan fingerprint density at radius 3 is 2.70 bits per heavy atom. The summed E-state index contributed by atoms with van der Waals surface area (Å²) in [6, 6.07) is 10.7. The van der Waals surface area contributed by atoms with Gasteiger partial charge in [-0.05, 0) is 32.4 Å². The van der Waals surface area contributed by atoms with Crippen LogP contribution in [0.2, 0.25) is 0 Å². The van der Waals surface area contributed by atoms with Crippen LogP contribution in [0.3, 0.4) is 0 Å². The van der Waals surface area contributed by atoms with Crippen molar-refractivity contribution in [1.82, 2.24) is 19.2 Å². The molecule has 0 radical (unpaired) electrons. The van der Waals surface area contributed by atoms with Crippen LogP contribution in [-0.2, 0) is 13.0 Å². The van der Waals surface area contributed by atoms with Gasteiger partial charge < -0.3 is 4.90 Å². The summed E-state index contributed by atoms with van der Waals surface area (Å²) in [6.45, 7) is 5.77. The van der Waals surface area contributed by atoms with Gasteiger partial charge in [-0.2, -0.15) is 0 Å². The summed E-state index contributed by atoms with van der Waals surface area (Å²) in [7, 11) is 3.97. The number of aromatic nitrogens is 2. The molecule has 3 aromatic rings. The molecule has 0 N–H and O–H groups in total. The van der Waals surface area contributed by atoms with Crippen molar-refractivity contribution in [2.45, 2.75) is 39.3 Å². The molecular formula is C21H28N4OS. The molecule has 6 heteroatoms. The average molecular weight is 385 g/mol. The summed E-state index contributed by atoms with van der Waals surface area (Å²) in [5.74, 6) is -0.00520. The van der Waals surface area contributed by atoms with E-state index >= 15 is 0 Å². The smallest absolute Gasteiger partial charge is 0.274 e. The molecule has 0 aliphatic carbocycles. The van der Waals surface area contributed by atoms with E-state index in [0.29, 0.717) is 24.8 Å². The summed E-state index contributed by atoms with van der Waals surface area (Å²) in [5.41, 5.74) is 2.79. The molecule has 1 aromatic carbocycles. The van der Waals surface area contributed by atoms with E-state index in [4.69, 9.17) is 0 Å². The maximum atomic E-state index is 13.1. The van der Waals surface area contributed by atoms with Crippen LogP contribution >= 0.6 is 11.3 Å². The van der Waals surface area contributed by atoms with Gasteiger partial charge in [-0.3, -0.25) is 14.1 Å². The topological polar surface area (TPSA) is 40.9 Å². The second-order valence-corrected chi connectivity index (χ2v) is 7.97. The van der Waals surface area contributed by atoms with Crippen molar-refractivity contribution in [3.05, 3.63) is 58.9 Å². The van der Waals surface area contributed by atoms with Crippen molar-refractivity contribution < 1.29 is 4.79 Å². The quantitative estimate of drug-likeness (QED) is 0.591. The molecule has 3 rings (SSSR count). The zero-order chi connectivity index (χ0) is 19.4. The minimum Gasteiger partial charge on any atom is -0.340 e. The molecule has 0 aliphatic rings. The van der Waals surface area contributed by atoms with Crippen molar-refractivity contribution in [3.8, 4) is 0 Å². The Bertz CT molecular complexity index is 886. The highest BCUT2D eigenvalue weighted by atomic mass is 32.1. The number of carbonyl (C=O) groups excluding carboxylic acids is 1. The Morgan fingerprint density at radius 2 is 2.00 bits per heavy atom. The van der Waals surface area contributed by atoms with Crippen molar-refractivity contribution in [2.24, 2.45) is 0 Å². The first-order chi connectivity index (χ1) is 13.0. The summed E-state index contributed by atoms with van der Waals surface area (Å²) in [4.78, 5) is 22.7. The molecule has 144 valence electrons. The third-order valence-corrected chi connectivity index (χ3v) is 5.99. The lowest BCUT2D eigenvalue weighted by Gasteiger charge is -2.24. The molecule has 0 spiro atoms. The van der Waals surface area contributed by atoms with Gasteiger partial charge in [-0.1, -0.05) is 37.3 Å². The number of nitrogens with zero attached hydrogens (tertiary/aromatic N) is 4. The minimum absolute atomic E-state index is 0.00520. The Morgan fingerprint density at radius 1 is 1.26 bits per heavy atom. The van der Waals surface area contributed by atoms with E-state index < -0.39 is 0 Å². The van der Waals surface area contributed by atoms with E-state index in [2.05, 4.69) is 47.3 Å². The number of carbonyl (C=O) groups is 1. The second-order valence-electron chi connectivity index (χ2n) is 7.10. The van der Waals surface area contributed by atoms with Crippen LogP contribution in [0.1, 0.15) is 42.0 Å². The van der Waals surface area contributed by atoms with Gasteiger partial charge in [0.1, 0.15) is 0 Å². The molecule has 5 nitrogen and oxygen atoms in total. The molecule has 0 saturated heterocycles. The zero-order valence-corrected chi connectivity index (χ0v) is 17.4. The largest absolute Gasteiger partial charge is 0.340 e. The van der Waals surface area contributed by atoms with E-state index in [1.54, 1.807) is 16.2 Å². The fraction of sp³-hybridized carbons (Fsp3) is 0.429. The lowest BCUT2D eigenvalue weighted by Crippen LogP contribution is -2.32. The summed E-state index contributed by atoms with van der Waals surface area (Å²) in [6.07, 6.45) is 3.92. The van der Waals surface area contributed by atoms with Gasteiger partial charge in [0.05, 0.1) is 5.69 Å². The third-order valence-electron chi connectivity index (χ3n) is 5.23. The van der Waals surface area contributed by atoms with Crippen LogP contribution in [0.4, 0.5) is 0 Å². The van der Waals surface area contributed by atoms with Gasteiger partial charge in [0, 0.05) is 37.8 Å². The van der Waals surface area contributed by atoms with Gasteiger partial charge in [0.2, 0.25) is 0 Å². The molecule has 1 atom stereocenters. The Hall–Kier alpha value is -2.18. The van der Waals surface area contributed by atoms with Gasteiger partial charge in [-0.15, -0.1) is 11.3 Å². The van der Waals surface area contributed by atoms with Crippen LogP contribution < -0.4 is 0 Å². The normalized spacial score (nSPS) is 12.6. The summed E-state index contributed by atoms with van der Waals surface area (Å²) < 4.78 is 2.06. The number of thiazole rings is 1. The predicted molar refractivity (Wildman–Crippen MR) is 111 cm³/mol. The van der Waals surface area contributed by atoms with Gasteiger partial charge in [0.15, 0.2) is 10.7 Å². The highest BCUT2D eigenvalue weighted by molar-refractivity contribution is 7.15. The number of rotatable bonds is 8. The highest BCUT2D eigenvalue weighted by Crippen LogP contribution is 2.21. The lowest BCUT2D eigenvalue weighted by atomic mass is 10.1. The SMILES string of the molecule is CC[C@H](C)N(C)Cc1c(C(=O)N(C)CCc2ccccc2)nc2sccn12. The van der Waals surface area contributed by atoms with E-state index in [0.717, 1.165) is 23.5 Å². The number of fused-ring (bicyclic) bond motifs is 1. The zero-order valence-electron chi connectivity index (χ0n) is 16.6. The van der Waals surface area contributed by atoms with Crippen LogP contribution in [0.25, 0.3) is 4.96 Å². The van der Waals surface area contributed by atoms with Crippen molar-refractivity contribution in [1.29, 1.82) is 0 Å². The molecule has 27 heavy (non-hydrogen) atoms. The van der Waals surface area contributed by atoms with Crippen LogP contribution in [0, 0.1) is 0 Å². The van der Waals surface area contributed by atoms with Gasteiger partial charge in [0.25, 0.3) is 5.91 Å². The van der Waals surface area contributed by atoms with E-state index in [9.17, 15) is 4.79 Å².